The van der Waals surface area contributed by atoms with Gasteiger partial charge < -0.3 is 20.3 Å². The van der Waals surface area contributed by atoms with Gasteiger partial charge in [0.1, 0.15) is 0 Å². The number of carbonyl (C=O) groups excluding carboxylic acids is 1. The highest BCUT2D eigenvalue weighted by Gasteiger charge is 2.57. The highest BCUT2D eigenvalue weighted by Crippen LogP contribution is 2.54. The molecule has 2 N–H and O–H groups in total. The fourth-order valence-electron chi connectivity index (χ4n) is 4.83. The van der Waals surface area contributed by atoms with Crippen molar-refractivity contribution in [3.8, 4) is 0 Å². The molecule has 2 aliphatic carbocycles. The van der Waals surface area contributed by atoms with E-state index in [4.69, 9.17) is 4.74 Å². The van der Waals surface area contributed by atoms with Gasteiger partial charge in [0.05, 0.1) is 6.10 Å². The molecule has 6 nitrogen and oxygen atoms in total. The molecule has 1 aliphatic heterocycles. The quantitative estimate of drug-likeness (QED) is 0.793. The molecule has 0 bridgehead atoms. The van der Waals surface area contributed by atoms with Gasteiger partial charge in [0, 0.05) is 50.3 Å². The van der Waals surface area contributed by atoms with Crippen LogP contribution in [-0.4, -0.2) is 80.9 Å². The zero-order chi connectivity index (χ0) is 17.2. The van der Waals surface area contributed by atoms with E-state index in [9.17, 15) is 4.79 Å². The molecule has 2 amide bonds. The van der Waals surface area contributed by atoms with Crippen LogP contribution >= 0.6 is 0 Å². The number of nitrogens with one attached hydrogen (secondary N) is 2. The van der Waals surface area contributed by atoms with Crippen molar-refractivity contribution in [3.63, 3.8) is 0 Å². The molecule has 1 heterocycles. The Labute approximate surface area is 146 Å². The normalized spacial score (nSPS) is 33.4. The Bertz CT molecular complexity index is 439. The predicted octanol–water partition coefficient (Wildman–Crippen LogP) is 1.27. The number of carbonyl (C=O) groups is 1. The number of likely N-dealkylation sites (N-methyl/N-ethyl adjacent to an activating group) is 2. The van der Waals surface area contributed by atoms with E-state index in [2.05, 4.69) is 41.5 Å². The van der Waals surface area contributed by atoms with Gasteiger partial charge in [-0.15, -0.1) is 0 Å². The summed E-state index contributed by atoms with van der Waals surface area (Å²) in [5, 5.41) is 6.34. The first-order valence-corrected chi connectivity index (χ1v) is 9.60. The molecule has 1 spiro atoms. The van der Waals surface area contributed by atoms with Gasteiger partial charge in [0.2, 0.25) is 0 Å². The van der Waals surface area contributed by atoms with E-state index in [1.807, 2.05) is 0 Å². The van der Waals surface area contributed by atoms with Gasteiger partial charge in [-0.1, -0.05) is 12.8 Å². The molecule has 0 radical (unpaired) electrons. The lowest BCUT2D eigenvalue weighted by Gasteiger charge is -2.54. The highest BCUT2D eigenvalue weighted by molar-refractivity contribution is 5.74. The maximum Gasteiger partial charge on any atom is 0.315 e. The van der Waals surface area contributed by atoms with Crippen molar-refractivity contribution in [3.05, 3.63) is 0 Å². The Kier molecular flexibility index (Phi) is 5.67. The highest BCUT2D eigenvalue weighted by atomic mass is 16.5. The number of amides is 2. The molecule has 24 heavy (non-hydrogen) atoms. The molecule has 138 valence electrons. The fourth-order valence-corrected chi connectivity index (χ4v) is 4.83. The second kappa shape index (κ2) is 7.58. The van der Waals surface area contributed by atoms with Crippen LogP contribution in [0.1, 0.15) is 39.0 Å². The first-order chi connectivity index (χ1) is 11.5. The van der Waals surface area contributed by atoms with Crippen LogP contribution in [0.3, 0.4) is 0 Å². The minimum absolute atomic E-state index is 0.0113. The molecule has 0 aromatic rings. The molecule has 3 atom stereocenters. The summed E-state index contributed by atoms with van der Waals surface area (Å²) < 4.78 is 5.92. The van der Waals surface area contributed by atoms with Crippen LogP contribution in [0, 0.1) is 5.41 Å². The Hall–Kier alpha value is -0.850. The third-order valence-corrected chi connectivity index (χ3v) is 6.47. The summed E-state index contributed by atoms with van der Waals surface area (Å²) in [5.74, 6) is 0. The van der Waals surface area contributed by atoms with Gasteiger partial charge >= 0.3 is 6.03 Å². The Morgan fingerprint density at radius 2 is 2.00 bits per heavy atom. The molecule has 3 aliphatic rings. The monoisotopic (exact) mass is 338 g/mol. The molecule has 0 aromatic carbocycles. The van der Waals surface area contributed by atoms with Crippen LogP contribution in [0.25, 0.3) is 0 Å². The summed E-state index contributed by atoms with van der Waals surface area (Å²) in [7, 11) is 4.29. The summed E-state index contributed by atoms with van der Waals surface area (Å²) >= 11 is 0. The lowest BCUT2D eigenvalue weighted by molar-refractivity contribution is -0.126. The van der Waals surface area contributed by atoms with Crippen LogP contribution < -0.4 is 10.6 Å². The van der Waals surface area contributed by atoms with E-state index >= 15 is 0 Å². The number of rotatable bonds is 5. The number of piperazine rings is 1. The smallest absolute Gasteiger partial charge is 0.315 e. The van der Waals surface area contributed by atoms with E-state index in [0.717, 1.165) is 32.7 Å². The predicted molar refractivity (Wildman–Crippen MR) is 95.2 cm³/mol. The molecular weight excluding hydrogens is 304 g/mol. The topological polar surface area (TPSA) is 56.8 Å². The van der Waals surface area contributed by atoms with Crippen molar-refractivity contribution < 1.29 is 9.53 Å². The van der Waals surface area contributed by atoms with E-state index in [1.54, 1.807) is 0 Å². The number of hydrogen-bond donors (Lipinski definition) is 2. The van der Waals surface area contributed by atoms with Crippen LogP contribution in [0.4, 0.5) is 4.79 Å². The second-order valence-electron chi connectivity index (χ2n) is 7.92. The van der Waals surface area contributed by atoms with E-state index in [1.165, 1.54) is 25.7 Å². The molecule has 2 saturated carbocycles. The summed E-state index contributed by atoms with van der Waals surface area (Å²) in [6.45, 7) is 6.72. The van der Waals surface area contributed by atoms with E-state index in [-0.39, 0.29) is 17.5 Å². The molecule has 6 heteroatoms. The first kappa shape index (κ1) is 18.0. The average Bonchev–Trinajstić information content (AvgIpc) is 3.07. The molecular formula is C18H34N4O2. The van der Waals surface area contributed by atoms with Crippen molar-refractivity contribution in [1.82, 2.24) is 20.4 Å². The van der Waals surface area contributed by atoms with Crippen LogP contribution in [0.5, 0.6) is 0 Å². The van der Waals surface area contributed by atoms with E-state index in [0.29, 0.717) is 18.7 Å². The summed E-state index contributed by atoms with van der Waals surface area (Å²) in [4.78, 5) is 17.1. The standard InChI is InChI=1S/C18H34N4O2/c1-4-24-16-11-15(18(16)7-5-6-8-18)20-17(23)19-12-14-13-21(2)9-10-22(14)3/h14-16H,4-13H2,1-3H3,(H2,19,20,23)/t14-,15+,16-/m1/s1. The molecule has 0 unspecified atom stereocenters. The van der Waals surface area contributed by atoms with Crippen molar-refractivity contribution in [2.75, 3.05) is 46.9 Å². The number of hydrogen-bond acceptors (Lipinski definition) is 4. The van der Waals surface area contributed by atoms with Crippen molar-refractivity contribution in [1.29, 1.82) is 0 Å². The van der Waals surface area contributed by atoms with Crippen LogP contribution in [0.15, 0.2) is 0 Å². The fraction of sp³-hybridized carbons (Fsp3) is 0.944. The minimum atomic E-state index is -0.0113. The number of urea groups is 1. The largest absolute Gasteiger partial charge is 0.378 e. The van der Waals surface area contributed by atoms with Crippen molar-refractivity contribution in [2.24, 2.45) is 5.41 Å². The van der Waals surface area contributed by atoms with E-state index < -0.39 is 0 Å². The van der Waals surface area contributed by atoms with Crippen molar-refractivity contribution in [2.45, 2.75) is 57.2 Å². The summed E-state index contributed by atoms with van der Waals surface area (Å²) in [6.07, 6.45) is 6.23. The van der Waals surface area contributed by atoms with Gasteiger partial charge in [-0.05, 0) is 40.3 Å². The summed E-state index contributed by atoms with van der Waals surface area (Å²) in [6, 6.07) is 0.665. The lowest BCUT2D eigenvalue weighted by atomic mass is 9.60. The van der Waals surface area contributed by atoms with Crippen LogP contribution in [0.2, 0.25) is 0 Å². The van der Waals surface area contributed by atoms with Gasteiger partial charge in [0.25, 0.3) is 0 Å². The zero-order valence-electron chi connectivity index (χ0n) is 15.5. The van der Waals surface area contributed by atoms with Gasteiger partial charge in [0.15, 0.2) is 0 Å². The Balaban J connectivity index is 1.47. The van der Waals surface area contributed by atoms with Crippen molar-refractivity contribution >= 4 is 6.03 Å². The number of ether oxygens (including phenoxy) is 1. The third-order valence-electron chi connectivity index (χ3n) is 6.47. The van der Waals surface area contributed by atoms with Gasteiger partial charge in [-0.3, -0.25) is 4.90 Å². The maximum absolute atomic E-state index is 12.4. The summed E-state index contributed by atoms with van der Waals surface area (Å²) in [5.41, 5.74) is 0.204. The molecule has 3 fully saturated rings. The SMILES string of the molecule is CCO[C@@H]1C[C@H](NC(=O)NC[C@@H]2CN(C)CCN2C)C12CCCC2. The number of nitrogens with zero attached hydrogens (tertiary/aromatic N) is 2. The Morgan fingerprint density at radius 3 is 2.71 bits per heavy atom. The lowest BCUT2D eigenvalue weighted by Crippen LogP contribution is -2.65. The zero-order valence-corrected chi connectivity index (χ0v) is 15.5. The second-order valence-corrected chi connectivity index (χ2v) is 7.92. The van der Waals surface area contributed by atoms with Gasteiger partial charge in [-0.25, -0.2) is 4.79 Å². The molecule has 1 saturated heterocycles. The average molecular weight is 338 g/mol. The first-order valence-electron chi connectivity index (χ1n) is 9.60. The van der Waals surface area contributed by atoms with Crippen LogP contribution in [-0.2, 0) is 4.74 Å². The Morgan fingerprint density at radius 1 is 1.25 bits per heavy atom. The minimum Gasteiger partial charge on any atom is -0.378 e. The maximum atomic E-state index is 12.4. The molecule has 0 aromatic heterocycles. The van der Waals surface area contributed by atoms with Gasteiger partial charge in [-0.2, -0.15) is 0 Å². The third kappa shape index (κ3) is 3.55. The molecule has 3 rings (SSSR count).